The van der Waals surface area contributed by atoms with Crippen molar-refractivity contribution in [1.29, 1.82) is 0 Å². The number of methoxy groups -OCH3 is 1. The molecule has 0 aromatic heterocycles. The molecule has 0 radical (unpaired) electrons. The molecule has 2 atom stereocenters. The molecule has 7 heteroatoms. The molecule has 2 fully saturated rings. The van der Waals surface area contributed by atoms with Gasteiger partial charge in [-0.25, -0.2) is 4.39 Å². The fourth-order valence-electron chi connectivity index (χ4n) is 5.82. The molecule has 2 heterocycles. The quantitative estimate of drug-likeness (QED) is 0.514. The lowest BCUT2D eigenvalue weighted by Gasteiger charge is -2.45. The molecule has 0 bridgehead atoms. The molecule has 1 saturated carbocycles. The highest BCUT2D eigenvalue weighted by Crippen LogP contribution is 2.48. The summed E-state index contributed by atoms with van der Waals surface area (Å²) < 4.78 is 19.9. The van der Waals surface area contributed by atoms with E-state index in [4.69, 9.17) is 4.74 Å². The Morgan fingerprint density at radius 3 is 2.38 bits per heavy atom. The molecule has 2 aliphatic heterocycles. The van der Waals surface area contributed by atoms with Gasteiger partial charge in [-0.2, -0.15) is 0 Å². The van der Waals surface area contributed by atoms with Gasteiger partial charge in [0.05, 0.1) is 24.8 Å². The van der Waals surface area contributed by atoms with Crippen molar-refractivity contribution in [2.24, 2.45) is 0 Å². The standard InChI is InChI=1S/C30H30FN3O3/c1-37-22-8-6-7-20(19-22)28-27(23-9-2-3-10-24(23)29(35)34(28)21-13-14-21)30(36)33-17-15-32(16-18-33)26-12-5-4-11-25(26)31/h2-12,19,21,27-28H,13-18H2,1H3. The van der Waals surface area contributed by atoms with Crippen molar-refractivity contribution in [2.75, 3.05) is 38.2 Å². The number of hydrogen-bond donors (Lipinski definition) is 0. The molecule has 2 amide bonds. The van der Waals surface area contributed by atoms with E-state index in [2.05, 4.69) is 0 Å². The number of hydrogen-bond acceptors (Lipinski definition) is 4. The molecular formula is C30H30FN3O3. The summed E-state index contributed by atoms with van der Waals surface area (Å²) in [4.78, 5) is 33.9. The number of nitrogens with zero attached hydrogens (tertiary/aromatic N) is 3. The molecule has 0 N–H and O–H groups in total. The Morgan fingerprint density at radius 2 is 1.65 bits per heavy atom. The predicted octanol–water partition coefficient (Wildman–Crippen LogP) is 4.63. The molecule has 6 nitrogen and oxygen atoms in total. The van der Waals surface area contributed by atoms with E-state index in [0.29, 0.717) is 43.2 Å². The molecular weight excluding hydrogens is 469 g/mol. The van der Waals surface area contributed by atoms with Gasteiger partial charge in [0.2, 0.25) is 5.91 Å². The Kier molecular flexibility index (Phi) is 6.07. The third-order valence-electron chi connectivity index (χ3n) is 7.80. The summed E-state index contributed by atoms with van der Waals surface area (Å²) in [5, 5.41) is 0. The van der Waals surface area contributed by atoms with Gasteiger partial charge in [-0.3, -0.25) is 9.59 Å². The number of anilines is 1. The highest BCUT2D eigenvalue weighted by molar-refractivity contribution is 6.01. The number of para-hydroxylation sites is 1. The molecule has 2 unspecified atom stereocenters. The summed E-state index contributed by atoms with van der Waals surface area (Å²) in [6, 6.07) is 21.7. The molecule has 37 heavy (non-hydrogen) atoms. The maximum absolute atomic E-state index is 14.4. The van der Waals surface area contributed by atoms with Gasteiger partial charge in [0.25, 0.3) is 5.91 Å². The molecule has 6 rings (SSSR count). The zero-order valence-corrected chi connectivity index (χ0v) is 20.8. The van der Waals surface area contributed by atoms with Crippen molar-refractivity contribution < 1.29 is 18.7 Å². The largest absolute Gasteiger partial charge is 0.497 e. The van der Waals surface area contributed by atoms with E-state index in [9.17, 15) is 14.0 Å². The first-order valence-electron chi connectivity index (χ1n) is 12.9. The summed E-state index contributed by atoms with van der Waals surface area (Å²) in [5.74, 6) is -0.0861. The first-order chi connectivity index (χ1) is 18.1. The lowest BCUT2D eigenvalue weighted by molar-refractivity contribution is -0.135. The van der Waals surface area contributed by atoms with Crippen LogP contribution in [-0.2, 0) is 4.79 Å². The third-order valence-corrected chi connectivity index (χ3v) is 7.80. The predicted molar refractivity (Wildman–Crippen MR) is 139 cm³/mol. The second-order valence-corrected chi connectivity index (χ2v) is 9.99. The molecule has 1 aliphatic carbocycles. The number of ether oxygens (including phenoxy) is 1. The van der Waals surface area contributed by atoms with Crippen LogP contribution >= 0.6 is 0 Å². The number of carbonyl (C=O) groups excluding carboxylic acids is 2. The topological polar surface area (TPSA) is 53.1 Å². The van der Waals surface area contributed by atoms with Gasteiger partial charge in [-0.05, 0) is 54.3 Å². The molecule has 3 aromatic carbocycles. The number of carbonyl (C=O) groups is 2. The van der Waals surface area contributed by atoms with Crippen LogP contribution in [0.3, 0.4) is 0 Å². The first kappa shape index (κ1) is 23.5. The minimum Gasteiger partial charge on any atom is -0.497 e. The van der Waals surface area contributed by atoms with Gasteiger partial charge in [0, 0.05) is 37.8 Å². The van der Waals surface area contributed by atoms with Crippen molar-refractivity contribution in [3.05, 3.63) is 95.3 Å². The van der Waals surface area contributed by atoms with Gasteiger partial charge in [-0.1, -0.05) is 42.5 Å². The van der Waals surface area contributed by atoms with E-state index in [1.54, 1.807) is 19.2 Å². The monoisotopic (exact) mass is 499 g/mol. The molecule has 3 aromatic rings. The lowest BCUT2D eigenvalue weighted by atomic mass is 9.78. The highest BCUT2D eigenvalue weighted by Gasteiger charge is 2.50. The fraction of sp³-hybridized carbons (Fsp3) is 0.333. The van der Waals surface area contributed by atoms with Crippen LogP contribution in [0.15, 0.2) is 72.8 Å². The Hall–Kier alpha value is -3.87. The highest BCUT2D eigenvalue weighted by atomic mass is 19.1. The minimum atomic E-state index is -0.526. The van der Waals surface area contributed by atoms with Crippen LogP contribution in [-0.4, -0.2) is 60.9 Å². The number of piperazine rings is 1. The number of amides is 2. The van der Waals surface area contributed by atoms with Crippen molar-refractivity contribution in [1.82, 2.24) is 9.80 Å². The number of rotatable bonds is 5. The summed E-state index contributed by atoms with van der Waals surface area (Å²) in [5.41, 5.74) is 2.85. The smallest absolute Gasteiger partial charge is 0.254 e. The van der Waals surface area contributed by atoms with Gasteiger partial charge < -0.3 is 19.4 Å². The lowest BCUT2D eigenvalue weighted by Crippen LogP contribution is -2.54. The molecule has 1 saturated heterocycles. The van der Waals surface area contributed by atoms with Crippen LogP contribution in [0.4, 0.5) is 10.1 Å². The second kappa shape index (κ2) is 9.54. The number of fused-ring (bicyclic) bond motifs is 1. The Balaban J connectivity index is 1.36. The van der Waals surface area contributed by atoms with E-state index in [1.807, 2.05) is 69.3 Å². The summed E-state index contributed by atoms with van der Waals surface area (Å²) in [6.07, 6.45) is 1.88. The summed E-state index contributed by atoms with van der Waals surface area (Å²) in [6.45, 7) is 2.09. The van der Waals surface area contributed by atoms with Crippen molar-refractivity contribution in [3.63, 3.8) is 0 Å². The molecule has 0 spiro atoms. The maximum atomic E-state index is 14.4. The van der Waals surface area contributed by atoms with E-state index >= 15 is 0 Å². The Morgan fingerprint density at radius 1 is 0.919 bits per heavy atom. The maximum Gasteiger partial charge on any atom is 0.254 e. The van der Waals surface area contributed by atoms with Gasteiger partial charge in [0.1, 0.15) is 11.6 Å². The first-order valence-corrected chi connectivity index (χ1v) is 12.9. The Bertz CT molecular complexity index is 1330. The van der Waals surface area contributed by atoms with Crippen LogP contribution in [0.5, 0.6) is 5.75 Å². The van der Waals surface area contributed by atoms with E-state index in [-0.39, 0.29) is 23.7 Å². The van der Waals surface area contributed by atoms with Crippen LogP contribution in [0.1, 0.15) is 46.3 Å². The van der Waals surface area contributed by atoms with E-state index < -0.39 is 12.0 Å². The van der Waals surface area contributed by atoms with Crippen LogP contribution in [0, 0.1) is 5.82 Å². The molecule has 190 valence electrons. The minimum absolute atomic E-state index is 0.00611. The zero-order valence-electron chi connectivity index (χ0n) is 20.8. The normalized spacial score (nSPS) is 21.6. The van der Waals surface area contributed by atoms with Gasteiger partial charge in [-0.15, -0.1) is 0 Å². The number of halogens is 1. The fourth-order valence-corrected chi connectivity index (χ4v) is 5.82. The van der Waals surface area contributed by atoms with Crippen LogP contribution in [0.25, 0.3) is 0 Å². The Labute approximate surface area is 216 Å². The average molecular weight is 500 g/mol. The average Bonchev–Trinajstić information content (AvgIpc) is 3.78. The van der Waals surface area contributed by atoms with Crippen molar-refractivity contribution in [3.8, 4) is 5.75 Å². The third kappa shape index (κ3) is 4.22. The second-order valence-electron chi connectivity index (χ2n) is 9.99. The SMILES string of the molecule is COc1cccc(C2C(C(=O)N3CCN(c4ccccc4F)CC3)c3ccccc3C(=O)N2C2CC2)c1. The summed E-state index contributed by atoms with van der Waals surface area (Å²) >= 11 is 0. The number of benzene rings is 3. The van der Waals surface area contributed by atoms with Gasteiger partial charge in [0.15, 0.2) is 0 Å². The van der Waals surface area contributed by atoms with Crippen molar-refractivity contribution >= 4 is 17.5 Å². The zero-order chi connectivity index (χ0) is 25.5. The summed E-state index contributed by atoms with van der Waals surface area (Å²) in [7, 11) is 1.62. The molecule has 3 aliphatic rings. The van der Waals surface area contributed by atoms with E-state index in [1.165, 1.54) is 6.07 Å². The van der Waals surface area contributed by atoms with Gasteiger partial charge >= 0.3 is 0 Å². The van der Waals surface area contributed by atoms with Crippen LogP contribution in [0.2, 0.25) is 0 Å². The van der Waals surface area contributed by atoms with Crippen LogP contribution < -0.4 is 9.64 Å². The van der Waals surface area contributed by atoms with Crippen molar-refractivity contribution in [2.45, 2.75) is 30.8 Å². The van der Waals surface area contributed by atoms with E-state index in [0.717, 1.165) is 24.0 Å².